The molecule has 20 heavy (non-hydrogen) atoms. The molecule has 1 aromatic carbocycles. The van der Waals surface area contributed by atoms with E-state index in [9.17, 15) is 0 Å². The van der Waals surface area contributed by atoms with E-state index in [2.05, 4.69) is 27.0 Å². The molecule has 0 radical (unpaired) electrons. The van der Waals surface area contributed by atoms with E-state index in [0.29, 0.717) is 6.54 Å². The van der Waals surface area contributed by atoms with E-state index in [1.165, 1.54) is 12.8 Å². The minimum atomic E-state index is 0. The van der Waals surface area contributed by atoms with Gasteiger partial charge in [-0.25, -0.2) is 9.97 Å². The summed E-state index contributed by atoms with van der Waals surface area (Å²) in [6.45, 7) is 2.70. The Morgan fingerprint density at radius 1 is 1.05 bits per heavy atom. The fourth-order valence-electron chi connectivity index (χ4n) is 2.39. The van der Waals surface area contributed by atoms with Crippen molar-refractivity contribution in [1.29, 1.82) is 0 Å². The van der Waals surface area contributed by atoms with Crippen LogP contribution in [-0.2, 0) is 6.54 Å². The van der Waals surface area contributed by atoms with Gasteiger partial charge in [-0.2, -0.15) is 0 Å². The second kappa shape index (κ2) is 6.68. The predicted molar refractivity (Wildman–Crippen MR) is 84.1 cm³/mol. The summed E-state index contributed by atoms with van der Waals surface area (Å²) in [5.74, 6) is 0.845. The van der Waals surface area contributed by atoms with E-state index >= 15 is 0 Å². The Kier molecular flexibility index (Phi) is 4.93. The number of rotatable bonds is 3. The van der Waals surface area contributed by atoms with Crippen molar-refractivity contribution >= 4 is 18.4 Å². The lowest BCUT2D eigenvalue weighted by atomic mass is 10.1. The molecule has 1 aliphatic heterocycles. The zero-order chi connectivity index (χ0) is 13.1. The maximum Gasteiger partial charge on any atom is 0.225 e. The van der Waals surface area contributed by atoms with Crippen molar-refractivity contribution in [2.75, 3.05) is 18.0 Å². The van der Waals surface area contributed by atoms with Crippen molar-refractivity contribution in [2.45, 2.75) is 19.4 Å². The third kappa shape index (κ3) is 3.08. The highest BCUT2D eigenvalue weighted by Crippen LogP contribution is 2.21. The Balaban J connectivity index is 0.00000147. The standard InChI is InChI=1S/C15H18N4.ClH/c16-11-12-3-5-13(6-4-12)14-7-8-17-15(18-14)19-9-1-2-10-19;/h3-8H,1-2,9-11,16H2;1H. The van der Waals surface area contributed by atoms with Gasteiger partial charge in [0.15, 0.2) is 0 Å². The van der Waals surface area contributed by atoms with Gasteiger partial charge in [0, 0.05) is 31.4 Å². The number of nitrogens with two attached hydrogens (primary N) is 1. The van der Waals surface area contributed by atoms with Gasteiger partial charge in [0.05, 0.1) is 5.69 Å². The first-order chi connectivity index (χ1) is 9.36. The Bertz CT molecular complexity index is 550. The van der Waals surface area contributed by atoms with Crippen LogP contribution in [0.4, 0.5) is 5.95 Å². The zero-order valence-corrected chi connectivity index (χ0v) is 12.1. The van der Waals surface area contributed by atoms with Crippen LogP contribution in [0.25, 0.3) is 11.3 Å². The molecule has 1 fully saturated rings. The van der Waals surface area contributed by atoms with Crippen LogP contribution in [-0.4, -0.2) is 23.1 Å². The van der Waals surface area contributed by atoms with E-state index in [1.54, 1.807) is 0 Å². The number of hydrogen-bond donors (Lipinski definition) is 1. The molecule has 1 aliphatic rings. The highest BCUT2D eigenvalue weighted by Gasteiger charge is 2.15. The summed E-state index contributed by atoms with van der Waals surface area (Å²) in [5.41, 5.74) is 8.83. The van der Waals surface area contributed by atoms with Gasteiger partial charge in [0.2, 0.25) is 5.95 Å². The molecule has 2 heterocycles. The number of aromatic nitrogens is 2. The molecule has 106 valence electrons. The van der Waals surface area contributed by atoms with E-state index in [1.807, 2.05) is 24.4 Å². The number of hydrogen-bond acceptors (Lipinski definition) is 4. The smallest absolute Gasteiger partial charge is 0.225 e. The molecule has 4 nitrogen and oxygen atoms in total. The second-order valence-corrected chi connectivity index (χ2v) is 4.84. The van der Waals surface area contributed by atoms with Gasteiger partial charge in [-0.05, 0) is 24.5 Å². The minimum absolute atomic E-state index is 0. The summed E-state index contributed by atoms with van der Waals surface area (Å²) in [7, 11) is 0. The largest absolute Gasteiger partial charge is 0.341 e. The average Bonchev–Trinajstić information content (AvgIpc) is 3.02. The maximum atomic E-state index is 5.61. The lowest BCUT2D eigenvalue weighted by Gasteiger charge is -2.15. The fraction of sp³-hybridized carbons (Fsp3) is 0.333. The van der Waals surface area contributed by atoms with Crippen LogP contribution in [0.5, 0.6) is 0 Å². The van der Waals surface area contributed by atoms with Crippen LogP contribution >= 0.6 is 12.4 Å². The van der Waals surface area contributed by atoms with Crippen LogP contribution < -0.4 is 10.6 Å². The molecule has 3 rings (SSSR count). The van der Waals surface area contributed by atoms with Crippen molar-refractivity contribution in [3.8, 4) is 11.3 Å². The summed E-state index contributed by atoms with van der Waals surface area (Å²) in [6, 6.07) is 10.2. The summed E-state index contributed by atoms with van der Waals surface area (Å²) in [5, 5.41) is 0. The molecule has 2 N–H and O–H groups in total. The fourth-order valence-corrected chi connectivity index (χ4v) is 2.39. The van der Waals surface area contributed by atoms with E-state index < -0.39 is 0 Å². The Labute approximate surface area is 125 Å². The van der Waals surface area contributed by atoms with Crippen LogP contribution in [0.3, 0.4) is 0 Å². The number of benzene rings is 1. The Morgan fingerprint density at radius 3 is 2.40 bits per heavy atom. The third-order valence-electron chi connectivity index (χ3n) is 3.52. The molecule has 0 amide bonds. The molecule has 1 aromatic heterocycles. The number of halogens is 1. The molecule has 0 atom stereocenters. The molecule has 0 unspecified atom stereocenters. The Hall–Kier alpha value is -1.65. The van der Waals surface area contributed by atoms with Crippen LogP contribution in [0.1, 0.15) is 18.4 Å². The summed E-state index contributed by atoms with van der Waals surface area (Å²) < 4.78 is 0. The molecule has 2 aromatic rings. The van der Waals surface area contributed by atoms with Crippen LogP contribution in [0.15, 0.2) is 36.5 Å². The summed E-state index contributed by atoms with van der Waals surface area (Å²) in [6.07, 6.45) is 4.31. The van der Waals surface area contributed by atoms with Crippen LogP contribution in [0, 0.1) is 0 Å². The second-order valence-electron chi connectivity index (χ2n) is 4.84. The lowest BCUT2D eigenvalue weighted by molar-refractivity contribution is 0.900. The first-order valence-electron chi connectivity index (χ1n) is 6.74. The highest BCUT2D eigenvalue weighted by atomic mass is 35.5. The van der Waals surface area contributed by atoms with Gasteiger partial charge in [-0.1, -0.05) is 24.3 Å². The van der Waals surface area contributed by atoms with Gasteiger partial charge in [-0.3, -0.25) is 0 Å². The van der Waals surface area contributed by atoms with Gasteiger partial charge in [-0.15, -0.1) is 12.4 Å². The first-order valence-corrected chi connectivity index (χ1v) is 6.74. The van der Waals surface area contributed by atoms with Crippen molar-refractivity contribution in [3.05, 3.63) is 42.1 Å². The monoisotopic (exact) mass is 290 g/mol. The summed E-state index contributed by atoms with van der Waals surface area (Å²) in [4.78, 5) is 11.3. The predicted octanol–water partition coefficient (Wildman–Crippen LogP) is 2.62. The molecular weight excluding hydrogens is 272 g/mol. The molecule has 5 heteroatoms. The zero-order valence-electron chi connectivity index (χ0n) is 11.3. The average molecular weight is 291 g/mol. The topological polar surface area (TPSA) is 55.0 Å². The van der Waals surface area contributed by atoms with Crippen molar-refractivity contribution in [3.63, 3.8) is 0 Å². The maximum absolute atomic E-state index is 5.61. The van der Waals surface area contributed by atoms with E-state index in [0.717, 1.165) is 35.9 Å². The van der Waals surface area contributed by atoms with Crippen LogP contribution in [0.2, 0.25) is 0 Å². The third-order valence-corrected chi connectivity index (χ3v) is 3.52. The van der Waals surface area contributed by atoms with Crippen molar-refractivity contribution in [2.24, 2.45) is 5.73 Å². The minimum Gasteiger partial charge on any atom is -0.341 e. The first kappa shape index (κ1) is 14.8. The molecule has 0 saturated carbocycles. The van der Waals surface area contributed by atoms with E-state index in [4.69, 9.17) is 5.73 Å². The van der Waals surface area contributed by atoms with Crippen molar-refractivity contribution in [1.82, 2.24) is 9.97 Å². The summed E-state index contributed by atoms with van der Waals surface area (Å²) >= 11 is 0. The van der Waals surface area contributed by atoms with Gasteiger partial charge in [0.25, 0.3) is 0 Å². The SMILES string of the molecule is Cl.NCc1ccc(-c2ccnc(N3CCCC3)n2)cc1. The number of nitrogens with zero attached hydrogens (tertiary/aromatic N) is 3. The van der Waals surface area contributed by atoms with E-state index in [-0.39, 0.29) is 12.4 Å². The molecule has 0 aliphatic carbocycles. The quantitative estimate of drug-likeness (QED) is 0.944. The molecular formula is C15H19ClN4. The molecule has 1 saturated heterocycles. The van der Waals surface area contributed by atoms with Gasteiger partial charge < -0.3 is 10.6 Å². The Morgan fingerprint density at radius 2 is 1.75 bits per heavy atom. The number of anilines is 1. The van der Waals surface area contributed by atoms with Crippen molar-refractivity contribution < 1.29 is 0 Å². The highest BCUT2D eigenvalue weighted by molar-refractivity contribution is 5.85. The van der Waals surface area contributed by atoms with Gasteiger partial charge >= 0.3 is 0 Å². The molecule has 0 spiro atoms. The normalized spacial score (nSPS) is 14.2. The lowest BCUT2D eigenvalue weighted by Crippen LogP contribution is -2.20. The van der Waals surface area contributed by atoms with Gasteiger partial charge in [0.1, 0.15) is 0 Å². The molecule has 0 bridgehead atoms.